The molecule has 2 aromatic heterocycles. The molecule has 1 aromatic carbocycles. The van der Waals surface area contributed by atoms with Gasteiger partial charge in [0.15, 0.2) is 0 Å². The van der Waals surface area contributed by atoms with Gasteiger partial charge in [-0.05, 0) is 44.0 Å². The molecular formula is C22H26N4O3S2. The SMILES string of the molecule is CC(Sc1ccc(S(=O)(=O)N(C)C2CCCCC2)cn1)c1nnc(-c2ccccc2)o1. The maximum atomic E-state index is 13.0. The van der Waals surface area contributed by atoms with Crippen LogP contribution >= 0.6 is 11.8 Å². The summed E-state index contributed by atoms with van der Waals surface area (Å²) in [6.07, 6.45) is 6.62. The lowest BCUT2D eigenvalue weighted by Crippen LogP contribution is -2.38. The molecule has 0 radical (unpaired) electrons. The minimum atomic E-state index is -3.54. The van der Waals surface area contributed by atoms with E-state index < -0.39 is 10.0 Å². The molecule has 0 N–H and O–H groups in total. The van der Waals surface area contributed by atoms with Gasteiger partial charge in [-0.25, -0.2) is 13.4 Å². The van der Waals surface area contributed by atoms with Crippen LogP contribution in [-0.4, -0.2) is 41.0 Å². The van der Waals surface area contributed by atoms with Crippen molar-refractivity contribution < 1.29 is 12.8 Å². The molecule has 1 aliphatic carbocycles. The van der Waals surface area contributed by atoms with Crippen LogP contribution in [0.4, 0.5) is 0 Å². The van der Waals surface area contributed by atoms with Gasteiger partial charge in [-0.1, -0.05) is 49.2 Å². The summed E-state index contributed by atoms with van der Waals surface area (Å²) in [6.45, 7) is 1.95. The van der Waals surface area contributed by atoms with E-state index in [1.807, 2.05) is 37.3 Å². The monoisotopic (exact) mass is 458 g/mol. The van der Waals surface area contributed by atoms with Gasteiger partial charge in [-0.2, -0.15) is 4.31 Å². The summed E-state index contributed by atoms with van der Waals surface area (Å²) in [4.78, 5) is 4.59. The van der Waals surface area contributed by atoms with Crippen molar-refractivity contribution >= 4 is 21.8 Å². The Morgan fingerprint density at radius 1 is 1.06 bits per heavy atom. The Morgan fingerprint density at radius 2 is 1.81 bits per heavy atom. The third kappa shape index (κ3) is 4.99. The fourth-order valence-corrected chi connectivity index (χ4v) is 5.90. The summed E-state index contributed by atoms with van der Waals surface area (Å²) in [6, 6.07) is 13.0. The van der Waals surface area contributed by atoms with E-state index >= 15 is 0 Å². The van der Waals surface area contributed by atoms with Crippen molar-refractivity contribution in [3.63, 3.8) is 0 Å². The van der Waals surface area contributed by atoms with Crippen molar-refractivity contribution in [2.75, 3.05) is 7.05 Å². The van der Waals surface area contributed by atoms with Crippen molar-refractivity contribution in [3.05, 3.63) is 54.6 Å². The van der Waals surface area contributed by atoms with E-state index in [1.165, 1.54) is 28.7 Å². The number of aromatic nitrogens is 3. The molecule has 0 saturated heterocycles. The first kappa shape index (κ1) is 22.0. The lowest BCUT2D eigenvalue weighted by Gasteiger charge is -2.30. The Bertz CT molecular complexity index is 1100. The molecule has 1 atom stereocenters. The van der Waals surface area contributed by atoms with Crippen LogP contribution in [-0.2, 0) is 10.0 Å². The molecular weight excluding hydrogens is 432 g/mol. The second kappa shape index (κ2) is 9.50. The average Bonchev–Trinajstić information content (AvgIpc) is 3.31. The van der Waals surface area contributed by atoms with Gasteiger partial charge in [0.1, 0.15) is 4.90 Å². The van der Waals surface area contributed by atoms with Gasteiger partial charge in [0.05, 0.1) is 10.3 Å². The third-order valence-corrected chi connectivity index (χ3v) is 8.51. The molecule has 1 aliphatic rings. The minimum absolute atomic E-state index is 0.0733. The largest absolute Gasteiger partial charge is 0.419 e. The number of pyridine rings is 1. The summed E-state index contributed by atoms with van der Waals surface area (Å²) in [5.74, 6) is 0.975. The zero-order valence-electron chi connectivity index (χ0n) is 17.6. The zero-order chi connectivity index (χ0) is 21.8. The topological polar surface area (TPSA) is 89.2 Å². The van der Waals surface area contributed by atoms with Crippen LogP contribution in [0.15, 0.2) is 63.0 Å². The van der Waals surface area contributed by atoms with Crippen molar-refractivity contribution in [1.82, 2.24) is 19.5 Å². The second-order valence-electron chi connectivity index (χ2n) is 7.72. The second-order valence-corrected chi connectivity index (χ2v) is 11.1. The Kier molecular flexibility index (Phi) is 6.74. The molecule has 1 unspecified atom stereocenters. The molecule has 4 rings (SSSR count). The first-order valence-corrected chi connectivity index (χ1v) is 12.8. The number of hydrogen-bond acceptors (Lipinski definition) is 7. The van der Waals surface area contributed by atoms with Crippen LogP contribution < -0.4 is 0 Å². The molecule has 0 amide bonds. The predicted molar refractivity (Wildman–Crippen MR) is 120 cm³/mol. The van der Waals surface area contributed by atoms with E-state index in [4.69, 9.17) is 4.42 Å². The molecule has 9 heteroatoms. The van der Waals surface area contributed by atoms with E-state index in [-0.39, 0.29) is 16.2 Å². The van der Waals surface area contributed by atoms with Gasteiger partial charge in [0.25, 0.3) is 0 Å². The van der Waals surface area contributed by atoms with Crippen molar-refractivity contribution in [3.8, 4) is 11.5 Å². The van der Waals surface area contributed by atoms with Crippen LogP contribution in [0.1, 0.15) is 50.2 Å². The lowest BCUT2D eigenvalue weighted by atomic mass is 9.96. The first-order valence-electron chi connectivity index (χ1n) is 10.4. The highest BCUT2D eigenvalue weighted by Gasteiger charge is 2.29. The maximum Gasteiger partial charge on any atom is 0.247 e. The molecule has 3 aromatic rings. The molecule has 2 heterocycles. The summed E-state index contributed by atoms with van der Waals surface area (Å²) in [7, 11) is -1.87. The first-order chi connectivity index (χ1) is 14.9. The highest BCUT2D eigenvalue weighted by atomic mass is 32.2. The van der Waals surface area contributed by atoms with Crippen molar-refractivity contribution in [2.24, 2.45) is 0 Å². The predicted octanol–water partition coefficient (Wildman–Crippen LogP) is 4.94. The van der Waals surface area contributed by atoms with Crippen LogP contribution in [0.5, 0.6) is 0 Å². The molecule has 0 spiro atoms. The molecule has 0 bridgehead atoms. The smallest absolute Gasteiger partial charge is 0.247 e. The quantitative estimate of drug-likeness (QED) is 0.463. The molecule has 164 valence electrons. The number of benzene rings is 1. The maximum absolute atomic E-state index is 13.0. The molecule has 0 aliphatic heterocycles. The summed E-state index contributed by atoms with van der Waals surface area (Å²) in [5, 5.41) is 8.86. The normalized spacial score (nSPS) is 16.5. The third-order valence-electron chi connectivity index (χ3n) is 5.58. The molecule has 1 saturated carbocycles. The standard InChI is InChI=1S/C22H26N4O3S2/c1-16(21-24-25-22(29-21)17-9-5-3-6-10-17)30-20-14-13-19(15-23-20)31(27,28)26(2)18-11-7-4-8-12-18/h3,5-6,9-10,13-16,18H,4,7-8,11-12H2,1-2H3. The van der Waals surface area contributed by atoms with Gasteiger partial charge in [0, 0.05) is 24.8 Å². The van der Waals surface area contributed by atoms with E-state index in [2.05, 4.69) is 15.2 Å². The van der Waals surface area contributed by atoms with Gasteiger partial charge in [-0.3, -0.25) is 0 Å². The number of hydrogen-bond donors (Lipinski definition) is 0. The van der Waals surface area contributed by atoms with Crippen molar-refractivity contribution in [1.29, 1.82) is 0 Å². The van der Waals surface area contributed by atoms with Crippen LogP contribution in [0.3, 0.4) is 0 Å². The Hall–Kier alpha value is -2.23. The average molecular weight is 459 g/mol. The zero-order valence-corrected chi connectivity index (χ0v) is 19.3. The fraction of sp³-hybridized carbons (Fsp3) is 0.409. The molecule has 1 fully saturated rings. The van der Waals surface area contributed by atoms with Crippen LogP contribution in [0, 0.1) is 0 Å². The van der Waals surface area contributed by atoms with Crippen LogP contribution in [0.2, 0.25) is 0 Å². The highest BCUT2D eigenvalue weighted by Crippen LogP contribution is 2.34. The van der Waals surface area contributed by atoms with Crippen LogP contribution in [0.25, 0.3) is 11.5 Å². The van der Waals surface area contributed by atoms with E-state index in [0.29, 0.717) is 16.8 Å². The van der Waals surface area contributed by atoms with Gasteiger partial charge < -0.3 is 4.42 Å². The minimum Gasteiger partial charge on any atom is -0.419 e. The van der Waals surface area contributed by atoms with Gasteiger partial charge in [-0.15, -0.1) is 10.2 Å². The van der Waals surface area contributed by atoms with Gasteiger partial charge >= 0.3 is 0 Å². The Morgan fingerprint density at radius 3 is 2.48 bits per heavy atom. The summed E-state index contributed by atoms with van der Waals surface area (Å²) < 4.78 is 33.3. The van der Waals surface area contributed by atoms with Gasteiger partial charge in [0.2, 0.25) is 21.8 Å². The van der Waals surface area contributed by atoms with E-state index in [0.717, 1.165) is 31.2 Å². The fourth-order valence-electron chi connectivity index (χ4n) is 3.72. The highest BCUT2D eigenvalue weighted by molar-refractivity contribution is 7.99. The number of sulfonamides is 1. The lowest BCUT2D eigenvalue weighted by molar-refractivity contribution is 0.285. The van der Waals surface area contributed by atoms with E-state index in [9.17, 15) is 8.42 Å². The Balaban J connectivity index is 1.43. The number of rotatable bonds is 7. The summed E-state index contributed by atoms with van der Waals surface area (Å²) >= 11 is 1.45. The summed E-state index contributed by atoms with van der Waals surface area (Å²) in [5.41, 5.74) is 0.869. The number of thioether (sulfide) groups is 1. The number of nitrogens with zero attached hydrogens (tertiary/aromatic N) is 4. The van der Waals surface area contributed by atoms with E-state index in [1.54, 1.807) is 19.2 Å². The Labute approximate surface area is 187 Å². The molecule has 31 heavy (non-hydrogen) atoms. The van der Waals surface area contributed by atoms with Crippen molar-refractivity contribution in [2.45, 2.75) is 60.2 Å². The molecule has 7 nitrogen and oxygen atoms in total.